The predicted molar refractivity (Wildman–Crippen MR) is 129 cm³/mol. The zero-order valence-corrected chi connectivity index (χ0v) is 21.5. The Morgan fingerprint density at radius 3 is 2.66 bits per heavy atom. The van der Waals surface area contributed by atoms with Crippen LogP contribution >= 0.6 is 9.42 Å². The van der Waals surface area contributed by atoms with Gasteiger partial charge in [-0.1, -0.05) is 30.4 Å². The summed E-state index contributed by atoms with van der Waals surface area (Å²) in [4.78, 5) is 17.9. The van der Waals surface area contributed by atoms with Crippen molar-refractivity contribution in [3.05, 3.63) is 41.6 Å². The molecule has 0 atom stereocenters. The SMILES string of the molecule is COC(=O)CC(=N)N(C)CCNc1c2c(nc3ccccc13)CCC=C2.NCCN.[Cl][Pt]. The van der Waals surface area contributed by atoms with Crippen LogP contribution in [0, 0.1) is 5.41 Å². The molecule has 32 heavy (non-hydrogen) atoms. The maximum atomic E-state index is 11.3. The van der Waals surface area contributed by atoms with E-state index in [1.54, 1.807) is 23.7 Å². The molecule has 179 valence electrons. The summed E-state index contributed by atoms with van der Waals surface area (Å²) in [5.41, 5.74) is 14.2. The van der Waals surface area contributed by atoms with Crippen LogP contribution in [0.3, 0.4) is 0 Å². The Labute approximate surface area is 205 Å². The zero-order valence-electron chi connectivity index (χ0n) is 18.5. The van der Waals surface area contributed by atoms with E-state index in [9.17, 15) is 4.79 Å². The van der Waals surface area contributed by atoms with Gasteiger partial charge in [0.2, 0.25) is 0 Å². The molecule has 6 N–H and O–H groups in total. The van der Waals surface area contributed by atoms with Gasteiger partial charge in [-0.3, -0.25) is 15.2 Å². The number of nitrogens with one attached hydrogen (secondary N) is 2. The van der Waals surface area contributed by atoms with Crippen LogP contribution in [0.15, 0.2) is 30.3 Å². The number of amidine groups is 1. The van der Waals surface area contributed by atoms with E-state index in [0.29, 0.717) is 26.2 Å². The normalized spacial score (nSPS) is 11.3. The molecule has 1 heterocycles. The molecule has 8 nitrogen and oxygen atoms in total. The third kappa shape index (κ3) is 8.51. The number of aryl methyl sites for hydroxylation is 1. The molecule has 0 saturated carbocycles. The van der Waals surface area contributed by atoms with Crippen LogP contribution in [-0.2, 0) is 34.7 Å². The Balaban J connectivity index is 0.000000769. The van der Waals surface area contributed by atoms with Crippen molar-refractivity contribution in [3.8, 4) is 0 Å². The molecule has 0 radical (unpaired) electrons. The molecule has 1 aromatic heterocycles. The molecule has 1 aromatic carbocycles. The number of para-hydroxylation sites is 1. The van der Waals surface area contributed by atoms with Crippen LogP contribution in [0.25, 0.3) is 17.0 Å². The van der Waals surface area contributed by atoms with Gasteiger partial charge in [0.05, 0.1) is 24.0 Å². The number of halogens is 1. The molecule has 0 bridgehead atoms. The fourth-order valence-corrected chi connectivity index (χ4v) is 3.09. The fraction of sp³-hybridized carbons (Fsp3) is 0.409. The van der Waals surface area contributed by atoms with Gasteiger partial charge < -0.3 is 26.4 Å². The van der Waals surface area contributed by atoms with E-state index in [2.05, 4.69) is 37.7 Å². The van der Waals surface area contributed by atoms with Gasteiger partial charge in [0.25, 0.3) is 0 Å². The van der Waals surface area contributed by atoms with Crippen molar-refractivity contribution >= 4 is 43.9 Å². The molecule has 0 fully saturated rings. The van der Waals surface area contributed by atoms with Gasteiger partial charge in [-0.2, -0.15) is 0 Å². The number of allylic oxidation sites excluding steroid dienone is 1. The van der Waals surface area contributed by atoms with Crippen molar-refractivity contribution in [2.24, 2.45) is 11.5 Å². The minimum atomic E-state index is -0.394. The Hall–Kier alpha value is -1.99. The number of nitrogens with two attached hydrogens (primary N) is 2. The van der Waals surface area contributed by atoms with Crippen LogP contribution in [-0.4, -0.2) is 62.0 Å². The first-order valence-electron chi connectivity index (χ1n) is 10.2. The van der Waals surface area contributed by atoms with Crippen LogP contribution < -0.4 is 16.8 Å². The third-order valence-electron chi connectivity index (χ3n) is 4.76. The number of hydrogen-bond acceptors (Lipinski definition) is 7. The van der Waals surface area contributed by atoms with E-state index in [1.165, 1.54) is 7.11 Å². The maximum absolute atomic E-state index is 11.3. The van der Waals surface area contributed by atoms with Gasteiger partial charge >= 0.3 is 34.2 Å². The summed E-state index contributed by atoms with van der Waals surface area (Å²) < 4.78 is 4.62. The van der Waals surface area contributed by atoms with Crippen molar-refractivity contribution in [2.75, 3.05) is 45.7 Å². The summed E-state index contributed by atoms with van der Waals surface area (Å²) in [5, 5.41) is 12.6. The molecular weight excluding hydrogens is 611 g/mol. The Bertz CT molecular complexity index is 907. The Morgan fingerprint density at radius 1 is 1.31 bits per heavy atom. The number of methoxy groups -OCH3 is 1. The molecule has 0 spiro atoms. The number of likely N-dealkylation sites (N-methyl/N-ethyl adjacent to an activating group) is 1. The van der Waals surface area contributed by atoms with Crippen molar-refractivity contribution in [3.63, 3.8) is 0 Å². The first-order valence-corrected chi connectivity index (χ1v) is 13.0. The number of aromatic nitrogens is 1. The second-order valence-corrected chi connectivity index (χ2v) is 6.93. The number of rotatable bonds is 7. The van der Waals surface area contributed by atoms with Crippen LogP contribution in [0.2, 0.25) is 0 Å². The van der Waals surface area contributed by atoms with Crippen molar-refractivity contribution in [2.45, 2.75) is 19.3 Å². The summed E-state index contributed by atoms with van der Waals surface area (Å²) in [7, 11) is 7.76. The second kappa shape index (κ2) is 15.8. The number of pyridine rings is 1. The standard InChI is InChI=1S/C20H24N4O2.C2H8N2.ClH.Pt/c1-24(18(21)13-19(25)26-2)12-11-22-20-14-7-3-5-9-16(14)23-17-10-6-4-8-15(17)20;3-1-2-4;;/h3-5,7-9,21H,6,10-13H2,1-2H3,(H,22,23);1-4H2;1H;/q;;;+1/p-1. The quantitative estimate of drug-likeness (QED) is 0.208. The number of hydrogen-bond donors (Lipinski definition) is 4. The average molecular weight is 643 g/mol. The average Bonchev–Trinajstić information content (AvgIpc) is 2.84. The predicted octanol–water partition coefficient (Wildman–Crippen LogP) is 2.67. The Kier molecular flexibility index (Phi) is 13.8. The van der Waals surface area contributed by atoms with Crippen LogP contribution in [0.4, 0.5) is 5.69 Å². The van der Waals surface area contributed by atoms with Gasteiger partial charge in [-0.05, 0) is 18.9 Å². The number of carbonyl (C=O) groups is 1. The van der Waals surface area contributed by atoms with Gasteiger partial charge in [0.15, 0.2) is 0 Å². The first kappa shape index (κ1) is 28.0. The van der Waals surface area contributed by atoms with E-state index < -0.39 is 5.97 Å². The summed E-state index contributed by atoms with van der Waals surface area (Å²) in [6.07, 6.45) is 6.29. The van der Waals surface area contributed by atoms with Gasteiger partial charge in [0.1, 0.15) is 12.3 Å². The molecule has 1 aliphatic carbocycles. The molecular formula is C22H32ClN6O2Pt. The van der Waals surface area contributed by atoms with Gasteiger partial charge in [-0.15, -0.1) is 0 Å². The van der Waals surface area contributed by atoms with E-state index in [-0.39, 0.29) is 12.3 Å². The number of anilines is 1. The number of esters is 1. The minimum absolute atomic E-state index is 0.0106. The van der Waals surface area contributed by atoms with Gasteiger partial charge in [0, 0.05) is 44.2 Å². The zero-order chi connectivity index (χ0) is 23.9. The molecule has 1 aliphatic rings. The number of fused-ring (bicyclic) bond motifs is 2. The number of carbonyl (C=O) groups excluding carboxylic acids is 1. The Morgan fingerprint density at radius 2 is 2.00 bits per heavy atom. The van der Waals surface area contributed by atoms with Crippen LogP contribution in [0.5, 0.6) is 0 Å². The second-order valence-electron chi connectivity index (χ2n) is 6.93. The van der Waals surface area contributed by atoms with E-state index in [4.69, 9.17) is 21.9 Å². The topological polar surface area (TPSA) is 130 Å². The number of nitrogens with zero attached hydrogens (tertiary/aromatic N) is 2. The van der Waals surface area contributed by atoms with Crippen molar-refractivity contribution in [1.82, 2.24) is 9.88 Å². The summed E-state index contributed by atoms with van der Waals surface area (Å²) in [5.74, 6) is -0.144. The summed E-state index contributed by atoms with van der Waals surface area (Å²) in [6, 6.07) is 8.14. The molecule has 3 rings (SSSR count). The molecule has 0 amide bonds. The van der Waals surface area contributed by atoms with E-state index >= 15 is 0 Å². The molecule has 10 heteroatoms. The number of ether oxygens (including phenoxy) is 1. The molecule has 0 aliphatic heterocycles. The third-order valence-corrected chi connectivity index (χ3v) is 4.76. The molecule has 2 aromatic rings. The molecule has 0 saturated heterocycles. The van der Waals surface area contributed by atoms with E-state index in [0.717, 1.165) is 40.7 Å². The number of benzene rings is 1. The van der Waals surface area contributed by atoms with Crippen molar-refractivity contribution < 1.29 is 28.3 Å². The monoisotopic (exact) mass is 642 g/mol. The first-order chi connectivity index (χ1) is 15.5. The van der Waals surface area contributed by atoms with Crippen LogP contribution in [0.1, 0.15) is 24.1 Å². The van der Waals surface area contributed by atoms with E-state index in [1.807, 2.05) is 25.2 Å². The molecule has 0 unspecified atom stereocenters. The van der Waals surface area contributed by atoms with Crippen molar-refractivity contribution in [1.29, 1.82) is 5.41 Å². The van der Waals surface area contributed by atoms with Gasteiger partial charge in [-0.25, -0.2) is 0 Å². The summed E-state index contributed by atoms with van der Waals surface area (Å²) >= 11 is 1.61. The fourth-order valence-electron chi connectivity index (χ4n) is 3.09. The summed E-state index contributed by atoms with van der Waals surface area (Å²) in [6.45, 7) is 2.47.